The number of thiocarbonyl (C=S) groups is 1. The third-order valence-electron chi connectivity index (χ3n) is 3.42. The first-order valence-electron chi connectivity index (χ1n) is 6.60. The Morgan fingerprint density at radius 2 is 2.09 bits per heavy atom. The zero-order valence-electron chi connectivity index (χ0n) is 12.9. The van der Waals surface area contributed by atoms with Crippen molar-refractivity contribution in [1.82, 2.24) is 10.6 Å². The van der Waals surface area contributed by atoms with Crippen LogP contribution in [0.1, 0.15) is 18.5 Å². The van der Waals surface area contributed by atoms with Crippen molar-refractivity contribution in [3.63, 3.8) is 0 Å². The zero-order chi connectivity index (χ0) is 16.3. The molecule has 1 aliphatic rings. The van der Waals surface area contributed by atoms with Crippen molar-refractivity contribution >= 4 is 35.1 Å². The van der Waals surface area contributed by atoms with E-state index in [-0.39, 0.29) is 6.04 Å². The quantitative estimate of drug-likeness (QED) is 0.496. The topological polar surface area (TPSA) is 59.6 Å². The minimum absolute atomic E-state index is 0.369. The van der Waals surface area contributed by atoms with Crippen molar-refractivity contribution in [1.29, 1.82) is 0 Å². The second kappa shape index (κ2) is 7.02. The largest absolute Gasteiger partial charge is 0.496 e. The molecule has 1 aromatic carbocycles. The SMILES string of the molecule is COC(=O)C1=C(C)NC(=S)NC1c1ccc(SC)c(OC)c1. The van der Waals surface area contributed by atoms with Crippen molar-refractivity contribution in [2.45, 2.75) is 17.9 Å². The molecule has 1 atom stereocenters. The van der Waals surface area contributed by atoms with Gasteiger partial charge in [0.05, 0.1) is 25.8 Å². The van der Waals surface area contributed by atoms with Gasteiger partial charge in [0.15, 0.2) is 5.11 Å². The highest BCUT2D eigenvalue weighted by Gasteiger charge is 2.30. The van der Waals surface area contributed by atoms with Crippen LogP contribution in [-0.2, 0) is 9.53 Å². The maximum Gasteiger partial charge on any atom is 0.337 e. The smallest absolute Gasteiger partial charge is 0.337 e. The number of ether oxygens (including phenoxy) is 2. The molecule has 0 bridgehead atoms. The van der Waals surface area contributed by atoms with E-state index in [0.717, 1.165) is 16.2 Å². The van der Waals surface area contributed by atoms with Gasteiger partial charge in [0.2, 0.25) is 0 Å². The lowest BCUT2D eigenvalue weighted by Crippen LogP contribution is -2.45. The van der Waals surface area contributed by atoms with Crippen LogP contribution in [-0.4, -0.2) is 31.6 Å². The molecule has 5 nitrogen and oxygen atoms in total. The lowest BCUT2D eigenvalue weighted by molar-refractivity contribution is -0.136. The Labute approximate surface area is 139 Å². The fraction of sp³-hybridized carbons (Fsp3) is 0.333. The predicted molar refractivity (Wildman–Crippen MR) is 91.1 cm³/mol. The number of thioether (sulfide) groups is 1. The van der Waals surface area contributed by atoms with E-state index in [1.165, 1.54) is 7.11 Å². The van der Waals surface area contributed by atoms with E-state index < -0.39 is 5.97 Å². The van der Waals surface area contributed by atoms with Crippen LogP contribution >= 0.6 is 24.0 Å². The van der Waals surface area contributed by atoms with Crippen molar-refractivity contribution in [3.8, 4) is 5.75 Å². The fourth-order valence-corrected chi connectivity index (χ4v) is 3.18. The van der Waals surface area contributed by atoms with E-state index in [0.29, 0.717) is 16.4 Å². The van der Waals surface area contributed by atoms with E-state index >= 15 is 0 Å². The molecule has 7 heteroatoms. The molecule has 0 spiro atoms. The summed E-state index contributed by atoms with van der Waals surface area (Å²) in [5.74, 6) is 0.371. The van der Waals surface area contributed by atoms with Crippen LogP contribution in [0.15, 0.2) is 34.4 Å². The summed E-state index contributed by atoms with van der Waals surface area (Å²) in [6, 6.07) is 5.46. The standard InChI is InChI=1S/C15H18N2O3S2/c1-8-12(14(18)20-3)13(17-15(21)16-8)9-5-6-11(22-4)10(7-9)19-2/h5-7,13H,1-4H3,(H2,16,17,21). The normalized spacial score (nSPS) is 17.6. The number of carbonyl (C=O) groups is 1. The average Bonchev–Trinajstić information content (AvgIpc) is 2.52. The molecule has 0 aliphatic carbocycles. The van der Waals surface area contributed by atoms with Gasteiger partial charge in [0.1, 0.15) is 5.75 Å². The molecule has 0 radical (unpaired) electrons. The molecule has 0 aromatic heterocycles. The lowest BCUT2D eigenvalue weighted by atomic mass is 9.95. The molecular formula is C15H18N2O3S2. The maximum atomic E-state index is 12.1. The summed E-state index contributed by atoms with van der Waals surface area (Å²) in [6.45, 7) is 1.81. The van der Waals surface area contributed by atoms with Gasteiger partial charge in [0.25, 0.3) is 0 Å². The van der Waals surface area contributed by atoms with Gasteiger partial charge in [-0.1, -0.05) is 6.07 Å². The highest BCUT2D eigenvalue weighted by molar-refractivity contribution is 7.98. The number of nitrogens with one attached hydrogen (secondary N) is 2. The van der Waals surface area contributed by atoms with E-state index in [1.54, 1.807) is 25.8 Å². The fourth-order valence-electron chi connectivity index (χ4n) is 2.36. The number of allylic oxidation sites excluding steroid dienone is 1. The van der Waals surface area contributed by atoms with E-state index in [9.17, 15) is 4.79 Å². The van der Waals surface area contributed by atoms with Crippen LogP contribution in [0.4, 0.5) is 0 Å². The zero-order valence-corrected chi connectivity index (χ0v) is 14.5. The first kappa shape index (κ1) is 16.6. The Morgan fingerprint density at radius 1 is 1.36 bits per heavy atom. The number of hydrogen-bond acceptors (Lipinski definition) is 5. The molecule has 2 rings (SSSR count). The summed E-state index contributed by atoms with van der Waals surface area (Å²) < 4.78 is 10.3. The molecule has 0 saturated carbocycles. The third kappa shape index (κ3) is 3.20. The Morgan fingerprint density at radius 3 is 2.68 bits per heavy atom. The van der Waals surface area contributed by atoms with Crippen LogP contribution in [0.2, 0.25) is 0 Å². The molecule has 1 unspecified atom stereocenters. The predicted octanol–water partition coefficient (Wildman–Crippen LogP) is 2.38. The highest BCUT2D eigenvalue weighted by atomic mass is 32.2. The molecule has 0 saturated heterocycles. The minimum Gasteiger partial charge on any atom is -0.496 e. The van der Waals surface area contributed by atoms with Crippen LogP contribution in [0.3, 0.4) is 0 Å². The monoisotopic (exact) mass is 338 g/mol. The van der Waals surface area contributed by atoms with Gasteiger partial charge in [-0.3, -0.25) is 0 Å². The second-order valence-corrected chi connectivity index (χ2v) is 5.93. The second-order valence-electron chi connectivity index (χ2n) is 4.68. The number of esters is 1. The van der Waals surface area contributed by atoms with Gasteiger partial charge in [-0.05, 0) is 43.1 Å². The van der Waals surface area contributed by atoms with Gasteiger partial charge >= 0.3 is 5.97 Å². The summed E-state index contributed by atoms with van der Waals surface area (Å²) >= 11 is 6.80. The summed E-state index contributed by atoms with van der Waals surface area (Å²) in [4.78, 5) is 13.1. The first-order valence-corrected chi connectivity index (χ1v) is 8.23. The van der Waals surface area contributed by atoms with Crippen LogP contribution < -0.4 is 15.4 Å². The van der Waals surface area contributed by atoms with Crippen molar-refractivity contribution in [3.05, 3.63) is 35.0 Å². The van der Waals surface area contributed by atoms with E-state index in [1.807, 2.05) is 24.5 Å². The highest BCUT2D eigenvalue weighted by Crippen LogP contribution is 2.34. The molecule has 0 amide bonds. The van der Waals surface area contributed by atoms with Gasteiger partial charge < -0.3 is 20.1 Å². The number of methoxy groups -OCH3 is 2. The van der Waals surface area contributed by atoms with Crippen LogP contribution in [0.5, 0.6) is 5.75 Å². The number of benzene rings is 1. The Balaban J connectivity index is 2.50. The summed E-state index contributed by atoms with van der Waals surface area (Å²) in [5, 5.41) is 6.55. The molecule has 2 N–H and O–H groups in total. The summed E-state index contributed by atoms with van der Waals surface area (Å²) in [7, 11) is 2.99. The molecule has 22 heavy (non-hydrogen) atoms. The number of hydrogen-bond donors (Lipinski definition) is 2. The van der Waals surface area contributed by atoms with E-state index in [2.05, 4.69) is 10.6 Å². The maximum absolute atomic E-state index is 12.1. The Bertz CT molecular complexity index is 644. The summed E-state index contributed by atoms with van der Waals surface area (Å²) in [5.41, 5.74) is 2.09. The Kier molecular flexibility index (Phi) is 5.31. The summed E-state index contributed by atoms with van der Waals surface area (Å²) in [6.07, 6.45) is 1.99. The van der Waals surface area contributed by atoms with Crippen molar-refractivity contribution < 1.29 is 14.3 Å². The number of rotatable bonds is 4. The van der Waals surface area contributed by atoms with Crippen molar-refractivity contribution in [2.75, 3.05) is 20.5 Å². The lowest BCUT2D eigenvalue weighted by Gasteiger charge is -2.29. The van der Waals surface area contributed by atoms with Gasteiger partial charge in [-0.15, -0.1) is 11.8 Å². The van der Waals surface area contributed by atoms with Gasteiger partial charge in [-0.2, -0.15) is 0 Å². The van der Waals surface area contributed by atoms with Gasteiger partial charge in [0, 0.05) is 10.6 Å². The molecule has 118 valence electrons. The Hall–Kier alpha value is -1.73. The number of carbonyl (C=O) groups excluding carboxylic acids is 1. The molecule has 0 fully saturated rings. The first-order chi connectivity index (χ1) is 10.5. The van der Waals surface area contributed by atoms with Crippen LogP contribution in [0, 0.1) is 0 Å². The average molecular weight is 338 g/mol. The van der Waals surface area contributed by atoms with Gasteiger partial charge in [-0.25, -0.2) is 4.79 Å². The minimum atomic E-state index is -0.391. The van der Waals surface area contributed by atoms with Crippen LogP contribution in [0.25, 0.3) is 0 Å². The molecule has 1 aliphatic heterocycles. The molecule has 1 heterocycles. The van der Waals surface area contributed by atoms with E-state index in [4.69, 9.17) is 21.7 Å². The van der Waals surface area contributed by atoms with Crippen molar-refractivity contribution in [2.24, 2.45) is 0 Å². The molecule has 1 aromatic rings. The third-order valence-corrected chi connectivity index (χ3v) is 4.41. The molecular weight excluding hydrogens is 320 g/mol.